The number of carbonyl (C=O) groups is 4. The van der Waals surface area contributed by atoms with E-state index in [2.05, 4.69) is 0 Å². The lowest BCUT2D eigenvalue weighted by Crippen LogP contribution is -2.51. The van der Waals surface area contributed by atoms with Crippen molar-refractivity contribution in [3.63, 3.8) is 0 Å². The third-order valence-electron chi connectivity index (χ3n) is 7.19. The average molecular weight is 556 g/mol. The molecule has 218 valence electrons. The summed E-state index contributed by atoms with van der Waals surface area (Å²) in [4.78, 5) is 50.8. The number of hydrogen-bond acceptors (Lipinski definition) is 9. The summed E-state index contributed by atoms with van der Waals surface area (Å²) in [7, 11) is 1.22. The second-order valence-corrected chi connectivity index (χ2v) is 11.1. The van der Waals surface area contributed by atoms with Crippen LogP contribution in [0.1, 0.15) is 76.7 Å². The quantitative estimate of drug-likeness (QED) is 0.267. The maximum Gasteiger partial charge on any atom is 0.338 e. The summed E-state index contributed by atoms with van der Waals surface area (Å²) in [5.41, 5.74) is 4.29. The number of hydrogen-bond donors (Lipinski definition) is 1. The molecule has 0 aromatic heterocycles. The van der Waals surface area contributed by atoms with Crippen molar-refractivity contribution in [3.05, 3.63) is 59.7 Å². The van der Waals surface area contributed by atoms with Gasteiger partial charge in [0.05, 0.1) is 30.1 Å². The summed E-state index contributed by atoms with van der Waals surface area (Å²) in [6.45, 7) is 10.6. The molecule has 0 aliphatic carbocycles. The standard InChI is InChI=1S/C31H41NO8/c1-8-29(3,4)26(34)39-23-16-15-21(19-24(23)40-27(35)30(5,6)9-2)20-31(32,28(36)37-7)17-18-38-25(33)22-13-11-10-12-14-22/h10-16,19H,8-9,17-18,20,32H2,1-7H3/t31-/m1/s1. The average Bonchev–Trinajstić information content (AvgIpc) is 2.94. The molecule has 2 N–H and O–H groups in total. The van der Waals surface area contributed by atoms with Gasteiger partial charge in [0.1, 0.15) is 5.54 Å². The Balaban J connectivity index is 2.34. The van der Waals surface area contributed by atoms with Crippen LogP contribution >= 0.6 is 0 Å². The summed E-state index contributed by atoms with van der Waals surface area (Å²) in [6.07, 6.45) is 1.02. The van der Waals surface area contributed by atoms with Gasteiger partial charge in [-0.15, -0.1) is 0 Å². The summed E-state index contributed by atoms with van der Waals surface area (Å²) in [5.74, 6) is -2.10. The monoisotopic (exact) mass is 555 g/mol. The van der Waals surface area contributed by atoms with E-state index in [0.717, 1.165) is 0 Å². The van der Waals surface area contributed by atoms with Crippen molar-refractivity contribution in [1.29, 1.82) is 0 Å². The number of nitrogens with two attached hydrogens (primary N) is 1. The molecule has 0 spiro atoms. The molecule has 0 bridgehead atoms. The lowest BCUT2D eigenvalue weighted by molar-refractivity contribution is -0.148. The summed E-state index contributed by atoms with van der Waals surface area (Å²) in [5, 5.41) is 0. The first kappa shape index (κ1) is 32.5. The zero-order valence-corrected chi connectivity index (χ0v) is 24.5. The highest BCUT2D eigenvalue weighted by atomic mass is 16.6. The number of methoxy groups -OCH3 is 1. The molecule has 0 aliphatic heterocycles. The van der Waals surface area contributed by atoms with E-state index in [-0.39, 0.29) is 30.9 Å². The van der Waals surface area contributed by atoms with Crippen molar-refractivity contribution >= 4 is 23.9 Å². The normalized spacial score (nSPS) is 13.1. The second-order valence-electron chi connectivity index (χ2n) is 11.1. The lowest BCUT2D eigenvalue weighted by atomic mass is 9.88. The summed E-state index contributed by atoms with van der Waals surface area (Å²) in [6, 6.07) is 13.1. The van der Waals surface area contributed by atoms with Gasteiger partial charge in [-0.25, -0.2) is 4.79 Å². The van der Waals surface area contributed by atoms with Gasteiger partial charge in [-0.1, -0.05) is 38.1 Å². The predicted molar refractivity (Wildman–Crippen MR) is 150 cm³/mol. The molecule has 0 radical (unpaired) electrons. The van der Waals surface area contributed by atoms with E-state index in [9.17, 15) is 19.2 Å². The Morgan fingerprint density at radius 3 is 1.85 bits per heavy atom. The highest BCUT2D eigenvalue weighted by molar-refractivity contribution is 5.89. The summed E-state index contributed by atoms with van der Waals surface area (Å²) < 4.78 is 21.6. The number of rotatable bonds is 13. The van der Waals surface area contributed by atoms with Gasteiger partial charge >= 0.3 is 23.9 Å². The third kappa shape index (κ3) is 8.39. The zero-order valence-electron chi connectivity index (χ0n) is 24.5. The molecule has 0 unspecified atom stereocenters. The largest absolute Gasteiger partial charge is 0.468 e. The van der Waals surface area contributed by atoms with Crippen molar-refractivity contribution in [2.75, 3.05) is 13.7 Å². The fourth-order valence-electron chi connectivity index (χ4n) is 3.40. The lowest BCUT2D eigenvalue weighted by Gasteiger charge is -2.27. The van der Waals surface area contributed by atoms with Crippen LogP contribution in [0.5, 0.6) is 11.5 Å². The van der Waals surface area contributed by atoms with E-state index >= 15 is 0 Å². The van der Waals surface area contributed by atoms with Gasteiger partial charge in [-0.3, -0.25) is 14.4 Å². The third-order valence-corrected chi connectivity index (χ3v) is 7.19. The molecule has 0 aliphatic rings. The molecule has 9 nitrogen and oxygen atoms in total. The van der Waals surface area contributed by atoms with Crippen LogP contribution in [0.15, 0.2) is 48.5 Å². The molecule has 9 heteroatoms. The minimum Gasteiger partial charge on any atom is -0.468 e. The van der Waals surface area contributed by atoms with Crippen LogP contribution in [0.25, 0.3) is 0 Å². The number of benzene rings is 2. The molecule has 1 atom stereocenters. The molecule has 0 heterocycles. The Morgan fingerprint density at radius 1 is 0.775 bits per heavy atom. The highest BCUT2D eigenvalue weighted by Gasteiger charge is 2.37. The van der Waals surface area contributed by atoms with E-state index in [1.807, 2.05) is 13.8 Å². The van der Waals surface area contributed by atoms with E-state index in [1.54, 1.807) is 64.1 Å². The van der Waals surface area contributed by atoms with Crippen molar-refractivity contribution in [1.82, 2.24) is 0 Å². The van der Waals surface area contributed by atoms with Gasteiger partial charge in [0, 0.05) is 12.8 Å². The van der Waals surface area contributed by atoms with Gasteiger partial charge in [0.25, 0.3) is 0 Å². The molecule has 0 fully saturated rings. The first-order valence-electron chi connectivity index (χ1n) is 13.4. The molecule has 0 amide bonds. The number of esters is 4. The molecular weight excluding hydrogens is 514 g/mol. The number of carbonyl (C=O) groups excluding carboxylic acids is 4. The fourth-order valence-corrected chi connectivity index (χ4v) is 3.40. The van der Waals surface area contributed by atoms with Crippen LogP contribution in [0.4, 0.5) is 0 Å². The maximum absolute atomic E-state index is 12.9. The van der Waals surface area contributed by atoms with E-state index in [4.69, 9.17) is 24.7 Å². The van der Waals surface area contributed by atoms with Crippen molar-refractivity contribution in [2.24, 2.45) is 16.6 Å². The Kier molecular flexibility index (Phi) is 11.0. The van der Waals surface area contributed by atoms with Gasteiger partial charge in [0.2, 0.25) is 0 Å². The van der Waals surface area contributed by atoms with Gasteiger partial charge in [-0.05, 0) is 70.4 Å². The molecule has 0 saturated heterocycles. The second kappa shape index (κ2) is 13.6. The smallest absolute Gasteiger partial charge is 0.338 e. The van der Waals surface area contributed by atoms with E-state index in [0.29, 0.717) is 24.0 Å². The van der Waals surface area contributed by atoms with Gasteiger partial charge in [0.15, 0.2) is 11.5 Å². The zero-order chi connectivity index (χ0) is 30.1. The summed E-state index contributed by atoms with van der Waals surface area (Å²) >= 11 is 0. The number of ether oxygens (including phenoxy) is 4. The first-order valence-corrected chi connectivity index (χ1v) is 13.4. The Morgan fingerprint density at radius 2 is 1.32 bits per heavy atom. The van der Waals surface area contributed by atoms with Crippen LogP contribution in [0.2, 0.25) is 0 Å². The Hall–Kier alpha value is -3.72. The van der Waals surface area contributed by atoms with Crippen LogP contribution in [-0.4, -0.2) is 43.1 Å². The van der Waals surface area contributed by atoms with Crippen LogP contribution in [-0.2, 0) is 30.3 Å². The van der Waals surface area contributed by atoms with E-state index < -0.39 is 40.2 Å². The van der Waals surface area contributed by atoms with Crippen LogP contribution in [0.3, 0.4) is 0 Å². The maximum atomic E-state index is 12.9. The highest BCUT2D eigenvalue weighted by Crippen LogP contribution is 2.35. The van der Waals surface area contributed by atoms with Gasteiger partial charge in [-0.2, -0.15) is 0 Å². The van der Waals surface area contributed by atoms with Crippen molar-refractivity contribution < 1.29 is 38.1 Å². The molecular formula is C31H41NO8. The predicted octanol–water partition coefficient (Wildman–Crippen LogP) is 5.03. The molecule has 2 aromatic rings. The van der Waals surface area contributed by atoms with Crippen molar-refractivity contribution in [2.45, 2.75) is 72.8 Å². The Labute approximate surface area is 236 Å². The van der Waals surface area contributed by atoms with Crippen molar-refractivity contribution in [3.8, 4) is 11.5 Å². The topological polar surface area (TPSA) is 131 Å². The minimum atomic E-state index is -1.56. The SMILES string of the molecule is CCC(C)(C)C(=O)Oc1ccc(C[C@](N)(CCOC(=O)c2ccccc2)C(=O)OC)cc1OC(=O)C(C)(C)CC. The molecule has 0 saturated carbocycles. The van der Waals surface area contributed by atoms with Crippen LogP contribution < -0.4 is 15.2 Å². The molecule has 2 rings (SSSR count). The minimum absolute atomic E-state index is 0.0288. The fraction of sp³-hybridized carbons (Fsp3) is 0.484. The van der Waals surface area contributed by atoms with E-state index in [1.165, 1.54) is 19.2 Å². The van der Waals surface area contributed by atoms with Gasteiger partial charge < -0.3 is 24.7 Å². The van der Waals surface area contributed by atoms with Crippen LogP contribution in [0, 0.1) is 10.8 Å². The molecule has 2 aromatic carbocycles. The Bertz CT molecular complexity index is 1210. The first-order chi connectivity index (χ1) is 18.7. The molecule has 40 heavy (non-hydrogen) atoms.